The molecule has 8 nitrogen and oxygen atoms in total. The molecule has 0 aliphatic carbocycles. The average molecular weight is 408 g/mol. The molecule has 1 aromatic heterocycles. The molecule has 0 saturated carbocycles. The predicted molar refractivity (Wildman–Crippen MR) is 112 cm³/mol. The molecular formula is C22H24N4O4. The first-order valence-electron chi connectivity index (χ1n) is 9.95. The molecule has 1 aliphatic rings. The lowest BCUT2D eigenvalue weighted by Gasteiger charge is -2.29. The number of carbonyl (C=O) groups excluding carboxylic acids is 1. The maximum absolute atomic E-state index is 12.7. The lowest BCUT2D eigenvalue weighted by molar-refractivity contribution is -0.132. The Morgan fingerprint density at radius 2 is 1.83 bits per heavy atom. The van der Waals surface area contributed by atoms with Crippen LogP contribution in [0, 0.1) is 0 Å². The van der Waals surface area contributed by atoms with Gasteiger partial charge in [-0.2, -0.15) is 0 Å². The summed E-state index contributed by atoms with van der Waals surface area (Å²) >= 11 is 0. The van der Waals surface area contributed by atoms with E-state index in [0.29, 0.717) is 54.9 Å². The van der Waals surface area contributed by atoms with Gasteiger partial charge in [0.2, 0.25) is 5.91 Å². The van der Waals surface area contributed by atoms with Gasteiger partial charge in [0, 0.05) is 26.1 Å². The van der Waals surface area contributed by atoms with Crippen LogP contribution in [0.2, 0.25) is 0 Å². The number of fused-ring (bicyclic) bond motifs is 2. The summed E-state index contributed by atoms with van der Waals surface area (Å²) in [6.07, 6.45) is 1.65. The third-order valence-corrected chi connectivity index (χ3v) is 5.46. The summed E-state index contributed by atoms with van der Waals surface area (Å²) < 4.78 is 12.1. The van der Waals surface area contributed by atoms with E-state index in [1.807, 2.05) is 23.1 Å². The Morgan fingerprint density at radius 1 is 1.10 bits per heavy atom. The average Bonchev–Trinajstić information content (AvgIpc) is 2.79. The molecule has 1 amide bonds. The van der Waals surface area contributed by atoms with Crippen LogP contribution in [0.3, 0.4) is 0 Å². The summed E-state index contributed by atoms with van der Waals surface area (Å²) in [5.41, 5.74) is 2.65. The molecule has 2 heterocycles. The number of methoxy groups -OCH3 is 2. The maximum Gasteiger partial charge on any atom is 0.277 e. The first kappa shape index (κ1) is 19.9. The van der Waals surface area contributed by atoms with Crippen molar-refractivity contribution in [3.63, 3.8) is 0 Å². The van der Waals surface area contributed by atoms with Crippen molar-refractivity contribution in [3.05, 3.63) is 57.9 Å². The van der Waals surface area contributed by atoms with Crippen molar-refractivity contribution in [2.75, 3.05) is 20.8 Å². The van der Waals surface area contributed by atoms with Crippen LogP contribution in [-0.2, 0) is 24.3 Å². The predicted octanol–water partition coefficient (Wildman–Crippen LogP) is 2.17. The summed E-state index contributed by atoms with van der Waals surface area (Å²) in [7, 11) is 3.22. The molecule has 8 heteroatoms. The van der Waals surface area contributed by atoms with Crippen molar-refractivity contribution in [1.29, 1.82) is 0 Å². The van der Waals surface area contributed by atoms with Gasteiger partial charge in [0.05, 0.1) is 19.6 Å². The van der Waals surface area contributed by atoms with Gasteiger partial charge in [-0.25, -0.2) is 4.68 Å². The van der Waals surface area contributed by atoms with Gasteiger partial charge in [-0.05, 0) is 48.2 Å². The van der Waals surface area contributed by atoms with E-state index in [1.165, 1.54) is 10.2 Å². The molecule has 0 fully saturated rings. The second-order valence-electron chi connectivity index (χ2n) is 7.28. The zero-order chi connectivity index (χ0) is 21.1. The third-order valence-electron chi connectivity index (χ3n) is 5.46. The minimum Gasteiger partial charge on any atom is -0.493 e. The molecule has 0 saturated heterocycles. The topological polar surface area (TPSA) is 86.6 Å². The summed E-state index contributed by atoms with van der Waals surface area (Å²) in [6.45, 7) is 1.57. The largest absolute Gasteiger partial charge is 0.493 e. The molecule has 0 atom stereocenters. The first-order valence-corrected chi connectivity index (χ1v) is 9.95. The van der Waals surface area contributed by atoms with Crippen molar-refractivity contribution in [2.45, 2.75) is 32.4 Å². The van der Waals surface area contributed by atoms with E-state index < -0.39 is 0 Å². The van der Waals surface area contributed by atoms with Crippen LogP contribution in [0.25, 0.3) is 10.9 Å². The molecule has 0 spiro atoms. The zero-order valence-electron chi connectivity index (χ0n) is 17.1. The summed E-state index contributed by atoms with van der Waals surface area (Å²) in [4.78, 5) is 27.1. The Bertz CT molecular complexity index is 1140. The molecular weight excluding hydrogens is 384 g/mol. The van der Waals surface area contributed by atoms with Gasteiger partial charge >= 0.3 is 0 Å². The van der Waals surface area contributed by atoms with E-state index in [0.717, 1.165) is 12.0 Å². The number of ether oxygens (including phenoxy) is 2. The van der Waals surface area contributed by atoms with Crippen molar-refractivity contribution in [2.24, 2.45) is 0 Å². The van der Waals surface area contributed by atoms with Crippen LogP contribution >= 0.6 is 0 Å². The molecule has 0 unspecified atom stereocenters. The number of amides is 1. The number of rotatable bonds is 6. The summed E-state index contributed by atoms with van der Waals surface area (Å²) in [6, 6.07) is 11.1. The SMILES string of the molecule is COc1cc2c(cc1OC)CN(C(=O)CCCn1nnc3ccccc3c1=O)CC2. The number of aryl methyl sites for hydroxylation is 1. The highest BCUT2D eigenvalue weighted by molar-refractivity contribution is 5.77. The summed E-state index contributed by atoms with van der Waals surface area (Å²) in [5, 5.41) is 8.60. The molecule has 2 aromatic carbocycles. The van der Waals surface area contributed by atoms with Crippen molar-refractivity contribution >= 4 is 16.8 Å². The standard InChI is InChI=1S/C22H24N4O4/c1-29-19-12-15-9-11-25(14-16(15)13-20(19)30-2)21(27)8-5-10-26-22(28)17-6-3-4-7-18(17)23-24-26/h3-4,6-7,12-13H,5,8-11,14H2,1-2H3. The van der Waals surface area contributed by atoms with Crippen LogP contribution in [0.5, 0.6) is 11.5 Å². The van der Waals surface area contributed by atoms with Gasteiger partial charge in [-0.1, -0.05) is 17.3 Å². The highest BCUT2D eigenvalue weighted by atomic mass is 16.5. The number of hydrogen-bond donors (Lipinski definition) is 0. The van der Waals surface area contributed by atoms with E-state index in [1.54, 1.807) is 32.4 Å². The van der Waals surface area contributed by atoms with Gasteiger partial charge in [-0.15, -0.1) is 5.10 Å². The molecule has 4 rings (SSSR count). The number of hydrogen-bond acceptors (Lipinski definition) is 6. The zero-order valence-corrected chi connectivity index (χ0v) is 17.1. The van der Waals surface area contributed by atoms with Gasteiger partial charge < -0.3 is 14.4 Å². The summed E-state index contributed by atoms with van der Waals surface area (Å²) in [5.74, 6) is 1.44. The third kappa shape index (κ3) is 3.85. The number of carbonyl (C=O) groups is 1. The van der Waals surface area contributed by atoms with E-state index in [-0.39, 0.29) is 11.5 Å². The quantitative estimate of drug-likeness (QED) is 0.621. The molecule has 0 radical (unpaired) electrons. The number of nitrogens with zero attached hydrogens (tertiary/aromatic N) is 4. The molecule has 0 bridgehead atoms. The maximum atomic E-state index is 12.7. The monoisotopic (exact) mass is 408 g/mol. The first-order chi connectivity index (χ1) is 14.6. The molecule has 30 heavy (non-hydrogen) atoms. The molecule has 0 N–H and O–H groups in total. The Balaban J connectivity index is 1.39. The Hall–Kier alpha value is -3.42. The molecule has 1 aliphatic heterocycles. The van der Waals surface area contributed by atoms with Gasteiger partial charge in [-0.3, -0.25) is 9.59 Å². The molecule has 3 aromatic rings. The van der Waals surface area contributed by atoms with Gasteiger partial charge in [0.25, 0.3) is 5.56 Å². The van der Waals surface area contributed by atoms with Crippen molar-refractivity contribution in [1.82, 2.24) is 19.9 Å². The normalized spacial score (nSPS) is 13.2. The van der Waals surface area contributed by atoms with E-state index >= 15 is 0 Å². The smallest absolute Gasteiger partial charge is 0.277 e. The highest BCUT2D eigenvalue weighted by Gasteiger charge is 2.22. The fourth-order valence-corrected chi connectivity index (χ4v) is 3.80. The van der Waals surface area contributed by atoms with Crippen LogP contribution < -0.4 is 15.0 Å². The van der Waals surface area contributed by atoms with E-state index in [4.69, 9.17) is 9.47 Å². The fourth-order valence-electron chi connectivity index (χ4n) is 3.80. The van der Waals surface area contributed by atoms with Crippen molar-refractivity contribution < 1.29 is 14.3 Å². The fraction of sp³-hybridized carbons (Fsp3) is 0.364. The van der Waals surface area contributed by atoms with Crippen LogP contribution in [0.15, 0.2) is 41.2 Å². The van der Waals surface area contributed by atoms with Crippen LogP contribution in [-0.4, -0.2) is 46.6 Å². The van der Waals surface area contributed by atoms with Gasteiger partial charge in [0.1, 0.15) is 5.52 Å². The second-order valence-corrected chi connectivity index (χ2v) is 7.28. The minimum atomic E-state index is -0.180. The van der Waals surface area contributed by atoms with E-state index in [2.05, 4.69) is 10.3 Å². The number of aromatic nitrogens is 3. The number of benzene rings is 2. The van der Waals surface area contributed by atoms with E-state index in [9.17, 15) is 9.59 Å². The van der Waals surface area contributed by atoms with Gasteiger partial charge in [0.15, 0.2) is 11.5 Å². The Kier molecular flexibility index (Phi) is 5.65. The van der Waals surface area contributed by atoms with Crippen molar-refractivity contribution in [3.8, 4) is 11.5 Å². The highest BCUT2D eigenvalue weighted by Crippen LogP contribution is 2.33. The van der Waals surface area contributed by atoms with Crippen LogP contribution in [0.1, 0.15) is 24.0 Å². The lowest BCUT2D eigenvalue weighted by atomic mass is 9.98. The minimum absolute atomic E-state index is 0.0669. The van der Waals surface area contributed by atoms with Crippen LogP contribution in [0.4, 0.5) is 0 Å². The Morgan fingerprint density at radius 3 is 2.60 bits per heavy atom. The molecule has 156 valence electrons. The second kappa shape index (κ2) is 8.52. The lowest BCUT2D eigenvalue weighted by Crippen LogP contribution is -2.36. The Labute approximate surface area is 174 Å².